The minimum atomic E-state index is -0.426. The Bertz CT molecular complexity index is 792. The van der Waals surface area contributed by atoms with E-state index < -0.39 is 12.0 Å². The van der Waals surface area contributed by atoms with Crippen LogP contribution in [-0.2, 0) is 9.53 Å². The second-order valence-electron chi connectivity index (χ2n) is 5.77. The van der Waals surface area contributed by atoms with E-state index >= 15 is 0 Å². The van der Waals surface area contributed by atoms with E-state index in [0.717, 1.165) is 24.3 Å². The van der Waals surface area contributed by atoms with E-state index in [1.165, 1.54) is 7.11 Å². The van der Waals surface area contributed by atoms with Crippen molar-refractivity contribution < 1.29 is 9.53 Å². The van der Waals surface area contributed by atoms with Gasteiger partial charge >= 0.3 is 5.97 Å². The van der Waals surface area contributed by atoms with Gasteiger partial charge in [-0.25, -0.2) is 4.79 Å². The van der Waals surface area contributed by atoms with Crippen LogP contribution in [0.4, 0.5) is 11.6 Å². The number of hydrogen-bond acceptors (Lipinski definition) is 7. The van der Waals surface area contributed by atoms with Crippen LogP contribution in [0.2, 0.25) is 0 Å². The molecule has 25 heavy (non-hydrogen) atoms. The van der Waals surface area contributed by atoms with Crippen LogP contribution in [0.15, 0.2) is 35.5 Å². The number of carbonyl (C=O) groups excluding carboxylic acids is 1. The molecule has 0 fully saturated rings. The Morgan fingerprint density at radius 2 is 1.96 bits per heavy atom. The van der Waals surface area contributed by atoms with E-state index in [1.54, 1.807) is 4.68 Å². The summed E-state index contributed by atoms with van der Waals surface area (Å²) < 4.78 is 6.58. The number of rotatable bonds is 5. The quantitative estimate of drug-likeness (QED) is 0.832. The van der Waals surface area contributed by atoms with Gasteiger partial charge in [-0.3, -0.25) is 0 Å². The molecule has 1 atom stereocenters. The third-order valence-corrected chi connectivity index (χ3v) is 4.46. The summed E-state index contributed by atoms with van der Waals surface area (Å²) in [7, 11) is 1.37. The maximum absolute atomic E-state index is 12.4. The minimum Gasteiger partial charge on any atom is -0.466 e. The Balaban J connectivity index is 2.05. The van der Waals surface area contributed by atoms with Crippen LogP contribution in [0, 0.1) is 0 Å². The average molecular weight is 342 g/mol. The number of ether oxygens (including phenoxy) is 1. The molecule has 1 aromatic carbocycles. The highest BCUT2D eigenvalue weighted by Gasteiger charge is 2.34. The van der Waals surface area contributed by atoms with Gasteiger partial charge < -0.3 is 15.0 Å². The number of allylic oxidation sites excluding steroid dienone is 1. The van der Waals surface area contributed by atoms with Gasteiger partial charge in [-0.2, -0.15) is 4.68 Å². The van der Waals surface area contributed by atoms with E-state index in [4.69, 9.17) is 4.74 Å². The number of carbonyl (C=O) groups is 1. The fourth-order valence-electron chi connectivity index (χ4n) is 3.15. The number of benzene rings is 1. The molecule has 0 amide bonds. The molecule has 2 heterocycles. The average Bonchev–Trinajstić information content (AvgIpc) is 3.09. The van der Waals surface area contributed by atoms with Gasteiger partial charge in [-0.15, -0.1) is 0 Å². The van der Waals surface area contributed by atoms with Crippen molar-refractivity contribution in [3.63, 3.8) is 0 Å². The zero-order valence-electron chi connectivity index (χ0n) is 14.9. The van der Waals surface area contributed by atoms with Crippen molar-refractivity contribution in [2.24, 2.45) is 0 Å². The van der Waals surface area contributed by atoms with Crippen LogP contribution < -0.4 is 10.2 Å². The Hall–Kier alpha value is -2.90. The summed E-state index contributed by atoms with van der Waals surface area (Å²) in [6.07, 6.45) is 0. The first-order valence-electron chi connectivity index (χ1n) is 8.29. The van der Waals surface area contributed by atoms with Gasteiger partial charge in [0.05, 0.1) is 12.7 Å². The molecule has 0 saturated carbocycles. The van der Waals surface area contributed by atoms with Crippen molar-refractivity contribution in [2.75, 3.05) is 30.4 Å². The lowest BCUT2D eigenvalue weighted by atomic mass is 9.95. The van der Waals surface area contributed by atoms with Crippen LogP contribution in [0.1, 0.15) is 32.4 Å². The number of fused-ring (bicyclic) bond motifs is 1. The molecule has 1 unspecified atom stereocenters. The molecule has 2 aromatic rings. The topological polar surface area (TPSA) is 85.2 Å². The van der Waals surface area contributed by atoms with Gasteiger partial charge in [0.25, 0.3) is 0 Å². The zero-order valence-corrected chi connectivity index (χ0v) is 14.9. The zero-order chi connectivity index (χ0) is 18.0. The Morgan fingerprint density at radius 3 is 2.56 bits per heavy atom. The highest BCUT2D eigenvalue weighted by molar-refractivity contribution is 5.92. The summed E-state index contributed by atoms with van der Waals surface area (Å²) >= 11 is 0. The van der Waals surface area contributed by atoms with Gasteiger partial charge in [0, 0.05) is 24.5 Å². The minimum absolute atomic E-state index is 0.399. The van der Waals surface area contributed by atoms with E-state index in [2.05, 4.69) is 51.7 Å². The summed E-state index contributed by atoms with van der Waals surface area (Å²) in [6.45, 7) is 7.94. The maximum Gasteiger partial charge on any atom is 0.338 e. The lowest BCUT2D eigenvalue weighted by Gasteiger charge is -2.27. The monoisotopic (exact) mass is 342 g/mol. The number of nitrogens with zero attached hydrogens (tertiary/aromatic N) is 5. The van der Waals surface area contributed by atoms with Crippen LogP contribution in [0.3, 0.4) is 0 Å². The Kier molecular flexibility index (Phi) is 4.69. The van der Waals surface area contributed by atoms with Gasteiger partial charge in [0.1, 0.15) is 6.04 Å². The molecular weight excluding hydrogens is 320 g/mol. The molecule has 0 spiro atoms. The van der Waals surface area contributed by atoms with Crippen LogP contribution in [-0.4, -0.2) is 46.4 Å². The first kappa shape index (κ1) is 16.9. The third-order valence-electron chi connectivity index (χ3n) is 4.46. The standard InChI is InChI=1S/C17H22N6O2/c1-5-22(6-2)13-9-7-12(8-10-13)15-14(16(24)25-4)11(3)18-17-19-20-21-23(15)17/h7-10,15H,5-6H2,1-4H3,(H,18,19,21). The molecule has 8 heteroatoms. The summed E-state index contributed by atoms with van der Waals surface area (Å²) in [5.74, 6) is 0.104. The molecule has 1 aliphatic rings. The predicted octanol–water partition coefficient (Wildman–Crippen LogP) is 1.98. The molecule has 0 bridgehead atoms. The largest absolute Gasteiger partial charge is 0.466 e. The number of anilines is 2. The second-order valence-corrected chi connectivity index (χ2v) is 5.77. The van der Waals surface area contributed by atoms with Gasteiger partial charge in [-0.1, -0.05) is 17.2 Å². The molecule has 1 aromatic heterocycles. The van der Waals surface area contributed by atoms with E-state index in [9.17, 15) is 4.79 Å². The molecule has 0 radical (unpaired) electrons. The number of tetrazole rings is 1. The lowest BCUT2D eigenvalue weighted by Crippen LogP contribution is -2.29. The summed E-state index contributed by atoms with van der Waals surface area (Å²) in [5, 5.41) is 14.8. The van der Waals surface area contributed by atoms with Gasteiger partial charge in [0.15, 0.2) is 0 Å². The number of esters is 1. The molecule has 3 rings (SSSR count). The van der Waals surface area contributed by atoms with Crippen molar-refractivity contribution in [2.45, 2.75) is 26.8 Å². The maximum atomic E-state index is 12.4. The first-order valence-corrected chi connectivity index (χ1v) is 8.29. The number of aromatic nitrogens is 4. The van der Waals surface area contributed by atoms with Crippen molar-refractivity contribution in [1.82, 2.24) is 20.2 Å². The Morgan fingerprint density at radius 1 is 1.28 bits per heavy atom. The summed E-state index contributed by atoms with van der Waals surface area (Å²) in [5.41, 5.74) is 3.25. The first-order chi connectivity index (χ1) is 12.1. The van der Waals surface area contributed by atoms with E-state index in [-0.39, 0.29) is 0 Å². The van der Waals surface area contributed by atoms with E-state index in [1.807, 2.05) is 19.1 Å². The van der Waals surface area contributed by atoms with Gasteiger partial charge in [-0.05, 0) is 48.9 Å². The van der Waals surface area contributed by atoms with E-state index in [0.29, 0.717) is 17.2 Å². The molecule has 1 N–H and O–H groups in total. The number of hydrogen-bond donors (Lipinski definition) is 1. The summed E-state index contributed by atoms with van der Waals surface area (Å²) in [6, 6.07) is 7.69. The molecule has 0 aliphatic carbocycles. The molecular formula is C17H22N6O2. The molecule has 132 valence electrons. The Labute approximate surface area is 146 Å². The van der Waals surface area contributed by atoms with Crippen molar-refractivity contribution >= 4 is 17.6 Å². The van der Waals surface area contributed by atoms with Crippen LogP contribution in [0.5, 0.6) is 0 Å². The fraction of sp³-hybridized carbons (Fsp3) is 0.412. The van der Waals surface area contributed by atoms with Crippen molar-refractivity contribution in [1.29, 1.82) is 0 Å². The van der Waals surface area contributed by atoms with Crippen molar-refractivity contribution in [3.8, 4) is 0 Å². The number of methoxy groups -OCH3 is 1. The highest BCUT2D eigenvalue weighted by Crippen LogP contribution is 2.35. The fourth-order valence-corrected chi connectivity index (χ4v) is 3.15. The lowest BCUT2D eigenvalue weighted by molar-refractivity contribution is -0.136. The number of nitrogens with one attached hydrogen (secondary N) is 1. The molecule has 1 aliphatic heterocycles. The summed E-state index contributed by atoms with van der Waals surface area (Å²) in [4.78, 5) is 14.6. The van der Waals surface area contributed by atoms with Gasteiger partial charge in [0.2, 0.25) is 5.95 Å². The van der Waals surface area contributed by atoms with Crippen molar-refractivity contribution in [3.05, 3.63) is 41.1 Å². The second kappa shape index (κ2) is 6.92. The van der Waals surface area contributed by atoms with Crippen LogP contribution in [0.25, 0.3) is 0 Å². The smallest absolute Gasteiger partial charge is 0.338 e. The normalized spacial score (nSPS) is 16.2. The van der Waals surface area contributed by atoms with Crippen LogP contribution >= 0.6 is 0 Å². The predicted molar refractivity (Wildman–Crippen MR) is 94.3 cm³/mol. The molecule has 0 saturated heterocycles. The third kappa shape index (κ3) is 2.95. The highest BCUT2D eigenvalue weighted by atomic mass is 16.5. The SMILES string of the molecule is CCN(CC)c1ccc(C2C(C(=O)OC)=C(C)Nc3nnnn32)cc1. The molecule has 8 nitrogen and oxygen atoms in total.